The fraction of sp³-hybridized carbons (Fsp3) is 0.857. The molecular weight excluding hydrogens is 208 g/mol. The minimum Gasteiger partial charge on any atom is -0.480 e. The van der Waals surface area contributed by atoms with E-state index in [1.807, 2.05) is 0 Å². The molecule has 0 radical (unpaired) electrons. The van der Waals surface area contributed by atoms with Crippen LogP contribution in [0.25, 0.3) is 0 Å². The molecule has 6 nitrogen and oxygen atoms in total. The van der Waals surface area contributed by atoms with Crippen molar-refractivity contribution in [1.82, 2.24) is 9.03 Å². The number of hydrogen-bond donors (Lipinski definition) is 2. The Morgan fingerprint density at radius 3 is 2.79 bits per heavy atom. The fourth-order valence-corrected chi connectivity index (χ4v) is 2.97. The first-order valence-electron chi connectivity index (χ1n) is 4.48. The molecule has 0 amide bonds. The van der Waals surface area contributed by atoms with Gasteiger partial charge in [-0.25, -0.2) is 4.72 Å². The Morgan fingerprint density at radius 1 is 1.64 bits per heavy atom. The van der Waals surface area contributed by atoms with Crippen LogP contribution < -0.4 is 4.72 Å². The maximum Gasteiger partial charge on any atom is 0.322 e. The van der Waals surface area contributed by atoms with E-state index in [0.29, 0.717) is 12.8 Å². The summed E-state index contributed by atoms with van der Waals surface area (Å²) in [5.74, 6) is -1.08. The van der Waals surface area contributed by atoms with Gasteiger partial charge in [-0.3, -0.25) is 4.79 Å². The number of carboxylic acid groups (broad SMARTS) is 1. The van der Waals surface area contributed by atoms with Gasteiger partial charge in [0.25, 0.3) is 10.2 Å². The number of rotatable bonds is 4. The zero-order valence-corrected chi connectivity index (χ0v) is 8.75. The maximum atomic E-state index is 11.5. The van der Waals surface area contributed by atoms with Crippen LogP contribution in [0.5, 0.6) is 0 Å². The van der Waals surface area contributed by atoms with Crippen molar-refractivity contribution in [3.63, 3.8) is 0 Å². The van der Waals surface area contributed by atoms with E-state index in [1.54, 1.807) is 6.92 Å². The molecule has 0 aliphatic carbocycles. The van der Waals surface area contributed by atoms with E-state index in [2.05, 4.69) is 4.72 Å². The van der Waals surface area contributed by atoms with Crippen molar-refractivity contribution < 1.29 is 18.3 Å². The summed E-state index contributed by atoms with van der Waals surface area (Å²) in [6, 6.07) is -0.904. The molecule has 0 unspecified atom stereocenters. The average molecular weight is 222 g/mol. The van der Waals surface area contributed by atoms with E-state index in [4.69, 9.17) is 5.11 Å². The number of nitrogens with one attached hydrogen (secondary N) is 1. The number of nitrogens with zero attached hydrogens (tertiary/aromatic N) is 1. The molecule has 0 bridgehead atoms. The summed E-state index contributed by atoms with van der Waals surface area (Å²) in [7, 11) is -3.60. The second kappa shape index (κ2) is 4.24. The van der Waals surface area contributed by atoms with Crippen LogP contribution in [-0.2, 0) is 15.0 Å². The fourth-order valence-electron chi connectivity index (χ4n) is 1.54. The highest BCUT2D eigenvalue weighted by Gasteiger charge is 2.38. The van der Waals surface area contributed by atoms with E-state index in [-0.39, 0.29) is 13.1 Å². The van der Waals surface area contributed by atoms with Crippen molar-refractivity contribution in [3.05, 3.63) is 0 Å². The zero-order valence-electron chi connectivity index (χ0n) is 7.93. The first-order valence-corrected chi connectivity index (χ1v) is 5.92. The van der Waals surface area contributed by atoms with Gasteiger partial charge in [0.15, 0.2) is 0 Å². The van der Waals surface area contributed by atoms with Crippen LogP contribution in [-0.4, -0.2) is 42.9 Å². The smallest absolute Gasteiger partial charge is 0.322 e. The Labute approximate surface area is 83.1 Å². The lowest BCUT2D eigenvalue weighted by Gasteiger charge is -2.20. The van der Waals surface area contributed by atoms with E-state index >= 15 is 0 Å². The lowest BCUT2D eigenvalue weighted by molar-refractivity contribution is -0.140. The second-order valence-electron chi connectivity index (χ2n) is 3.11. The van der Waals surface area contributed by atoms with E-state index in [1.165, 1.54) is 0 Å². The summed E-state index contributed by atoms with van der Waals surface area (Å²) in [4.78, 5) is 10.7. The molecule has 0 aromatic rings. The highest BCUT2D eigenvalue weighted by molar-refractivity contribution is 7.87. The van der Waals surface area contributed by atoms with Crippen molar-refractivity contribution in [2.45, 2.75) is 25.8 Å². The molecule has 1 aliphatic rings. The molecule has 7 heteroatoms. The molecule has 1 fully saturated rings. The molecule has 0 aromatic heterocycles. The van der Waals surface area contributed by atoms with Gasteiger partial charge in [0.1, 0.15) is 6.04 Å². The summed E-state index contributed by atoms with van der Waals surface area (Å²) in [6.07, 6.45) is 0.988. The number of carbonyl (C=O) groups is 1. The Kier molecular flexibility index (Phi) is 3.46. The molecule has 0 saturated carbocycles. The maximum absolute atomic E-state index is 11.5. The van der Waals surface area contributed by atoms with Gasteiger partial charge < -0.3 is 5.11 Å². The van der Waals surface area contributed by atoms with Crippen molar-refractivity contribution >= 4 is 16.2 Å². The second-order valence-corrected chi connectivity index (χ2v) is 4.82. The molecule has 2 N–H and O–H groups in total. The van der Waals surface area contributed by atoms with Crippen LogP contribution in [0.1, 0.15) is 19.8 Å². The largest absolute Gasteiger partial charge is 0.480 e. The van der Waals surface area contributed by atoms with Crippen LogP contribution in [0.15, 0.2) is 0 Å². The Hall–Kier alpha value is -0.660. The minimum atomic E-state index is -3.60. The molecule has 1 rings (SSSR count). The monoisotopic (exact) mass is 222 g/mol. The Balaban J connectivity index is 2.81. The van der Waals surface area contributed by atoms with Gasteiger partial charge in [0, 0.05) is 13.1 Å². The third-order valence-electron chi connectivity index (χ3n) is 2.12. The lowest BCUT2D eigenvalue weighted by Crippen LogP contribution is -2.46. The quantitative estimate of drug-likeness (QED) is 0.664. The molecule has 1 aliphatic heterocycles. The average Bonchev–Trinajstić information content (AvgIpc) is 2.51. The topological polar surface area (TPSA) is 86.7 Å². The van der Waals surface area contributed by atoms with Gasteiger partial charge in [-0.05, 0) is 12.8 Å². The van der Waals surface area contributed by atoms with Gasteiger partial charge >= 0.3 is 5.97 Å². The van der Waals surface area contributed by atoms with Crippen molar-refractivity contribution in [2.24, 2.45) is 0 Å². The van der Waals surface area contributed by atoms with E-state index in [9.17, 15) is 13.2 Å². The molecule has 0 aromatic carbocycles. The van der Waals surface area contributed by atoms with Gasteiger partial charge in [0.05, 0.1) is 0 Å². The summed E-state index contributed by atoms with van der Waals surface area (Å²) in [6.45, 7) is 2.21. The normalized spacial score (nSPS) is 23.9. The van der Waals surface area contributed by atoms with Gasteiger partial charge in [-0.1, -0.05) is 6.92 Å². The SMILES string of the molecule is CCNS(=O)(=O)N1CCC[C@@H]1C(=O)O. The third kappa shape index (κ3) is 2.23. The van der Waals surface area contributed by atoms with E-state index < -0.39 is 22.2 Å². The zero-order chi connectivity index (χ0) is 10.8. The molecule has 1 heterocycles. The Bertz CT molecular complexity index is 314. The molecular formula is C7H14N2O4S. The first-order chi connectivity index (χ1) is 6.49. The molecule has 1 atom stereocenters. The van der Waals surface area contributed by atoms with Crippen LogP contribution in [0, 0.1) is 0 Å². The van der Waals surface area contributed by atoms with Crippen LogP contribution in [0.2, 0.25) is 0 Å². The summed E-state index contributed by atoms with van der Waals surface area (Å²) in [5.41, 5.74) is 0. The number of carboxylic acids is 1. The summed E-state index contributed by atoms with van der Waals surface area (Å²) >= 11 is 0. The third-order valence-corrected chi connectivity index (χ3v) is 3.83. The highest BCUT2D eigenvalue weighted by atomic mass is 32.2. The standard InChI is InChI=1S/C7H14N2O4S/c1-2-8-14(12,13)9-5-3-4-6(9)7(10)11/h6,8H,2-5H2,1H3,(H,10,11)/t6-/m1/s1. The Morgan fingerprint density at radius 2 is 2.29 bits per heavy atom. The van der Waals surface area contributed by atoms with Gasteiger partial charge in [-0.15, -0.1) is 0 Å². The predicted octanol–water partition coefficient (Wildman–Crippen LogP) is -0.610. The molecule has 0 spiro atoms. The van der Waals surface area contributed by atoms with Crippen molar-refractivity contribution in [3.8, 4) is 0 Å². The van der Waals surface area contributed by atoms with Crippen LogP contribution in [0.3, 0.4) is 0 Å². The van der Waals surface area contributed by atoms with Gasteiger partial charge in [0.2, 0.25) is 0 Å². The van der Waals surface area contributed by atoms with Crippen molar-refractivity contribution in [2.75, 3.05) is 13.1 Å². The van der Waals surface area contributed by atoms with E-state index in [0.717, 1.165) is 4.31 Å². The van der Waals surface area contributed by atoms with Crippen molar-refractivity contribution in [1.29, 1.82) is 0 Å². The minimum absolute atomic E-state index is 0.269. The lowest BCUT2D eigenvalue weighted by atomic mass is 10.2. The van der Waals surface area contributed by atoms with Crippen LogP contribution >= 0.6 is 0 Å². The van der Waals surface area contributed by atoms with Gasteiger partial charge in [-0.2, -0.15) is 12.7 Å². The molecule has 82 valence electrons. The first kappa shape index (κ1) is 11.4. The number of aliphatic carboxylic acids is 1. The summed E-state index contributed by atoms with van der Waals surface area (Å²) < 4.78 is 26.3. The summed E-state index contributed by atoms with van der Waals surface area (Å²) in [5, 5.41) is 8.78. The molecule has 1 saturated heterocycles. The van der Waals surface area contributed by atoms with Crippen LogP contribution in [0.4, 0.5) is 0 Å². The number of hydrogen-bond acceptors (Lipinski definition) is 3. The predicted molar refractivity (Wildman–Crippen MR) is 50.0 cm³/mol. The highest BCUT2D eigenvalue weighted by Crippen LogP contribution is 2.19. The molecule has 14 heavy (non-hydrogen) atoms.